The molecule has 1 aromatic carbocycles. The maximum Gasteiger partial charge on any atom is 0.142 e. The van der Waals surface area contributed by atoms with Crippen molar-refractivity contribution in [3.8, 4) is 17.2 Å². The number of fused-ring (bicyclic) bond motifs is 1. The fraction of sp³-hybridized carbons (Fsp3) is 0.500. The van der Waals surface area contributed by atoms with Gasteiger partial charge in [-0.2, -0.15) is 5.26 Å². The lowest BCUT2D eigenvalue weighted by molar-refractivity contribution is 0.557. The first-order chi connectivity index (χ1) is 13.1. The molecule has 1 aliphatic rings. The summed E-state index contributed by atoms with van der Waals surface area (Å²) in [5.74, 6) is 0.388. The van der Waals surface area contributed by atoms with Crippen LogP contribution in [-0.2, 0) is 12.8 Å². The zero-order chi connectivity index (χ0) is 19.2. The average molecular weight is 362 g/mol. The van der Waals surface area contributed by atoms with E-state index in [4.69, 9.17) is 10.7 Å². The monoisotopic (exact) mass is 361 g/mol. The zero-order valence-corrected chi connectivity index (χ0v) is 16.8. The van der Waals surface area contributed by atoms with Gasteiger partial charge in [0.05, 0.1) is 0 Å². The van der Waals surface area contributed by atoms with Crippen LogP contribution in [0.4, 0.5) is 5.82 Å². The highest BCUT2D eigenvalue weighted by Crippen LogP contribution is 2.36. The number of aryl methyl sites for hydroxylation is 3. The summed E-state index contributed by atoms with van der Waals surface area (Å²) < 4.78 is 0. The molecule has 0 radical (unpaired) electrons. The molecule has 2 N–H and O–H groups in total. The van der Waals surface area contributed by atoms with Crippen LogP contribution in [-0.4, -0.2) is 4.98 Å². The predicted octanol–water partition coefficient (Wildman–Crippen LogP) is 6.04. The van der Waals surface area contributed by atoms with Crippen LogP contribution in [0.3, 0.4) is 0 Å². The van der Waals surface area contributed by atoms with Crippen molar-refractivity contribution in [2.45, 2.75) is 78.1 Å². The predicted molar refractivity (Wildman–Crippen MR) is 113 cm³/mol. The smallest absolute Gasteiger partial charge is 0.142 e. The van der Waals surface area contributed by atoms with Gasteiger partial charge < -0.3 is 5.73 Å². The molecule has 0 spiro atoms. The summed E-state index contributed by atoms with van der Waals surface area (Å²) in [6.45, 7) is 4.22. The van der Waals surface area contributed by atoms with Crippen LogP contribution in [0.2, 0.25) is 0 Å². The van der Waals surface area contributed by atoms with Gasteiger partial charge in [-0.05, 0) is 56.2 Å². The van der Waals surface area contributed by atoms with Crippen LogP contribution in [0, 0.1) is 25.2 Å². The summed E-state index contributed by atoms with van der Waals surface area (Å²) in [5.41, 5.74) is 13.8. The first kappa shape index (κ1) is 19.4. The molecule has 0 bridgehead atoms. The summed E-state index contributed by atoms with van der Waals surface area (Å²) in [6.07, 6.45) is 12.1. The molecule has 3 rings (SSSR count). The number of benzene rings is 1. The molecule has 0 unspecified atom stereocenters. The molecule has 27 heavy (non-hydrogen) atoms. The SMILES string of the molecule is Cc1ccc(C)c(-c2c(C#N)c(N)nc3c2CCCCCCCCCC3)c1. The molecular weight excluding hydrogens is 330 g/mol. The van der Waals surface area contributed by atoms with Gasteiger partial charge in [-0.15, -0.1) is 0 Å². The Morgan fingerprint density at radius 3 is 2.22 bits per heavy atom. The second-order valence-electron chi connectivity index (χ2n) is 7.93. The van der Waals surface area contributed by atoms with E-state index in [1.807, 2.05) is 0 Å². The van der Waals surface area contributed by atoms with Crippen molar-refractivity contribution in [2.75, 3.05) is 5.73 Å². The molecule has 0 atom stereocenters. The Kier molecular flexibility index (Phi) is 6.50. The Bertz CT molecular complexity index is 846. The average Bonchev–Trinajstić information content (AvgIpc) is 2.64. The zero-order valence-electron chi connectivity index (χ0n) is 16.8. The summed E-state index contributed by atoms with van der Waals surface area (Å²) in [6, 6.07) is 8.82. The number of nitrogens with zero attached hydrogens (tertiary/aromatic N) is 2. The number of nitrogens with two attached hydrogens (primary N) is 1. The first-order valence-corrected chi connectivity index (χ1v) is 10.4. The molecule has 142 valence electrons. The van der Waals surface area contributed by atoms with E-state index in [9.17, 15) is 5.26 Å². The Hall–Kier alpha value is -2.34. The van der Waals surface area contributed by atoms with Crippen LogP contribution >= 0.6 is 0 Å². The maximum atomic E-state index is 9.86. The molecule has 0 fully saturated rings. The minimum atomic E-state index is 0.388. The van der Waals surface area contributed by atoms with E-state index in [-0.39, 0.29) is 0 Å². The first-order valence-electron chi connectivity index (χ1n) is 10.4. The van der Waals surface area contributed by atoms with Gasteiger partial charge in [-0.25, -0.2) is 4.98 Å². The van der Waals surface area contributed by atoms with Gasteiger partial charge in [0.2, 0.25) is 0 Å². The fourth-order valence-electron chi connectivity index (χ4n) is 4.24. The number of pyridine rings is 1. The maximum absolute atomic E-state index is 9.86. The quantitative estimate of drug-likeness (QED) is 0.673. The minimum Gasteiger partial charge on any atom is -0.383 e. The third-order valence-corrected chi connectivity index (χ3v) is 5.78. The highest BCUT2D eigenvalue weighted by Gasteiger charge is 2.21. The van der Waals surface area contributed by atoms with Gasteiger partial charge in [-0.1, -0.05) is 62.3 Å². The van der Waals surface area contributed by atoms with Crippen LogP contribution < -0.4 is 5.73 Å². The largest absolute Gasteiger partial charge is 0.383 e. The minimum absolute atomic E-state index is 0.388. The number of anilines is 1. The molecule has 0 saturated heterocycles. The molecule has 3 heteroatoms. The Morgan fingerprint density at radius 2 is 1.56 bits per heavy atom. The van der Waals surface area contributed by atoms with Crippen LogP contribution in [0.15, 0.2) is 18.2 Å². The lowest BCUT2D eigenvalue weighted by atomic mass is 9.87. The van der Waals surface area contributed by atoms with Crippen LogP contribution in [0.25, 0.3) is 11.1 Å². The molecule has 1 aliphatic carbocycles. The second kappa shape index (κ2) is 9.04. The standard InChI is InChI=1S/C24H31N3/c1-17-13-14-18(2)20(15-17)23-19-11-9-7-5-3-4-6-8-10-12-22(19)27-24(26)21(23)16-25/h13-15H,3-12H2,1-2H3,(H2,26,27). The number of nitrogen functional groups attached to an aromatic ring is 1. The molecule has 1 aromatic heterocycles. The molecule has 3 nitrogen and oxygen atoms in total. The molecule has 1 heterocycles. The van der Waals surface area contributed by atoms with E-state index in [2.05, 4.69) is 38.1 Å². The van der Waals surface area contributed by atoms with Crippen molar-refractivity contribution in [1.29, 1.82) is 5.26 Å². The van der Waals surface area contributed by atoms with Gasteiger partial charge in [0.25, 0.3) is 0 Å². The highest BCUT2D eigenvalue weighted by atomic mass is 14.9. The van der Waals surface area contributed by atoms with Crippen molar-refractivity contribution in [3.63, 3.8) is 0 Å². The topological polar surface area (TPSA) is 62.7 Å². The number of aromatic nitrogens is 1. The molecular formula is C24H31N3. The van der Waals surface area contributed by atoms with Gasteiger partial charge in [0.15, 0.2) is 0 Å². The molecule has 2 aromatic rings. The lowest BCUT2D eigenvalue weighted by Gasteiger charge is -2.20. The molecule has 0 aliphatic heterocycles. The second-order valence-corrected chi connectivity index (χ2v) is 7.93. The van der Waals surface area contributed by atoms with E-state index in [0.717, 1.165) is 42.5 Å². The summed E-state index contributed by atoms with van der Waals surface area (Å²) >= 11 is 0. The van der Waals surface area contributed by atoms with Crippen molar-refractivity contribution in [2.24, 2.45) is 0 Å². The van der Waals surface area contributed by atoms with E-state index >= 15 is 0 Å². The summed E-state index contributed by atoms with van der Waals surface area (Å²) in [5, 5.41) is 9.86. The number of nitriles is 1. The Balaban J connectivity index is 2.17. The van der Waals surface area contributed by atoms with E-state index in [1.54, 1.807) is 0 Å². The van der Waals surface area contributed by atoms with Crippen molar-refractivity contribution in [3.05, 3.63) is 46.1 Å². The number of rotatable bonds is 1. The van der Waals surface area contributed by atoms with Crippen molar-refractivity contribution < 1.29 is 0 Å². The normalized spacial score (nSPS) is 15.9. The van der Waals surface area contributed by atoms with E-state index in [1.165, 1.54) is 55.2 Å². The third-order valence-electron chi connectivity index (χ3n) is 5.78. The number of hydrogen-bond donors (Lipinski definition) is 1. The van der Waals surface area contributed by atoms with Gasteiger partial charge in [-0.3, -0.25) is 0 Å². The van der Waals surface area contributed by atoms with Crippen LogP contribution in [0.1, 0.15) is 79.3 Å². The fourth-order valence-corrected chi connectivity index (χ4v) is 4.24. The third kappa shape index (κ3) is 4.50. The summed E-state index contributed by atoms with van der Waals surface area (Å²) in [4.78, 5) is 4.71. The van der Waals surface area contributed by atoms with E-state index in [0.29, 0.717) is 11.4 Å². The highest BCUT2D eigenvalue weighted by molar-refractivity contribution is 5.81. The number of hydrogen-bond acceptors (Lipinski definition) is 3. The van der Waals surface area contributed by atoms with Crippen molar-refractivity contribution >= 4 is 5.82 Å². The molecule has 0 saturated carbocycles. The van der Waals surface area contributed by atoms with Crippen LogP contribution in [0.5, 0.6) is 0 Å². The Labute approximate surface area is 163 Å². The summed E-state index contributed by atoms with van der Waals surface area (Å²) in [7, 11) is 0. The molecule has 0 amide bonds. The van der Waals surface area contributed by atoms with Crippen molar-refractivity contribution in [1.82, 2.24) is 4.98 Å². The van der Waals surface area contributed by atoms with E-state index < -0.39 is 0 Å². The van der Waals surface area contributed by atoms with Gasteiger partial charge >= 0.3 is 0 Å². The van der Waals surface area contributed by atoms with Gasteiger partial charge in [0.1, 0.15) is 17.5 Å². The van der Waals surface area contributed by atoms with Gasteiger partial charge in [0, 0.05) is 11.3 Å². The Morgan fingerprint density at radius 1 is 0.926 bits per heavy atom. The lowest BCUT2D eigenvalue weighted by Crippen LogP contribution is -2.09.